The number of nitrogens with zero attached hydrogens (tertiary/aromatic N) is 1. The third-order valence-corrected chi connectivity index (χ3v) is 1.98. The van der Waals surface area contributed by atoms with Gasteiger partial charge in [-0.05, 0) is 30.7 Å². The molecule has 0 unspecified atom stereocenters. The van der Waals surface area contributed by atoms with Gasteiger partial charge < -0.3 is 10.1 Å². The molecule has 0 aliphatic heterocycles. The molecule has 0 heterocycles. The van der Waals surface area contributed by atoms with Crippen molar-refractivity contribution in [1.82, 2.24) is 5.32 Å². The van der Waals surface area contributed by atoms with Crippen LogP contribution in [0.5, 0.6) is 5.75 Å². The molecular formula is C12H16N2O. The maximum absolute atomic E-state index is 8.34. The Bertz CT molecular complexity index is 313. The summed E-state index contributed by atoms with van der Waals surface area (Å²) in [5, 5.41) is 11.7. The summed E-state index contributed by atoms with van der Waals surface area (Å²) in [6, 6.07) is 9.74. The van der Waals surface area contributed by atoms with E-state index in [0.29, 0.717) is 0 Å². The van der Waals surface area contributed by atoms with Crippen LogP contribution in [0.15, 0.2) is 24.3 Å². The van der Waals surface area contributed by atoms with Gasteiger partial charge in [0.05, 0.1) is 0 Å². The first-order chi connectivity index (χ1) is 7.36. The largest absolute Gasteiger partial charge is 0.479 e. The molecule has 0 bridgehead atoms. The number of hydrogen-bond acceptors (Lipinski definition) is 3. The molecule has 1 rings (SSSR count). The molecular weight excluding hydrogens is 188 g/mol. The fraction of sp³-hybridized carbons (Fsp3) is 0.417. The van der Waals surface area contributed by atoms with E-state index in [1.165, 1.54) is 5.56 Å². The van der Waals surface area contributed by atoms with E-state index in [0.717, 1.165) is 25.3 Å². The van der Waals surface area contributed by atoms with Gasteiger partial charge in [-0.15, -0.1) is 0 Å². The number of nitriles is 1. The first kappa shape index (κ1) is 11.5. The van der Waals surface area contributed by atoms with Gasteiger partial charge in [0.25, 0.3) is 0 Å². The average Bonchev–Trinajstić information content (AvgIpc) is 2.28. The monoisotopic (exact) mass is 204 g/mol. The lowest BCUT2D eigenvalue weighted by atomic mass is 10.2. The standard InChI is InChI=1S/C12H16N2O/c1-2-8-14-10-11-3-5-12(6-4-11)15-9-7-13/h3-6,14H,2,8-10H2,1H3. The Hall–Kier alpha value is -1.53. The predicted octanol–water partition coefficient (Wildman–Crippen LogP) is 2.09. The molecule has 0 aliphatic rings. The molecule has 1 aromatic rings. The van der Waals surface area contributed by atoms with Crippen LogP contribution in [0.4, 0.5) is 0 Å². The normalized spacial score (nSPS) is 9.60. The van der Waals surface area contributed by atoms with E-state index in [2.05, 4.69) is 12.2 Å². The first-order valence-corrected chi connectivity index (χ1v) is 5.16. The Morgan fingerprint density at radius 1 is 1.33 bits per heavy atom. The molecule has 0 aromatic heterocycles. The molecule has 0 saturated carbocycles. The third kappa shape index (κ3) is 4.48. The zero-order valence-corrected chi connectivity index (χ0v) is 8.99. The van der Waals surface area contributed by atoms with Crippen molar-refractivity contribution in [3.63, 3.8) is 0 Å². The SMILES string of the molecule is CCCNCc1ccc(OCC#N)cc1. The minimum atomic E-state index is 0.105. The van der Waals surface area contributed by atoms with Crippen molar-refractivity contribution in [2.75, 3.05) is 13.2 Å². The van der Waals surface area contributed by atoms with Crippen molar-refractivity contribution >= 4 is 0 Å². The molecule has 0 spiro atoms. The van der Waals surface area contributed by atoms with E-state index in [-0.39, 0.29) is 6.61 Å². The summed E-state index contributed by atoms with van der Waals surface area (Å²) in [6.07, 6.45) is 1.14. The van der Waals surface area contributed by atoms with Gasteiger partial charge in [0.1, 0.15) is 11.8 Å². The lowest BCUT2D eigenvalue weighted by Crippen LogP contribution is -2.13. The van der Waals surface area contributed by atoms with Crippen LogP contribution in [-0.2, 0) is 6.54 Å². The Morgan fingerprint density at radius 3 is 2.67 bits per heavy atom. The highest BCUT2D eigenvalue weighted by molar-refractivity contribution is 5.27. The third-order valence-electron chi connectivity index (χ3n) is 1.98. The molecule has 1 N–H and O–H groups in total. The lowest BCUT2D eigenvalue weighted by molar-refractivity contribution is 0.368. The molecule has 0 aliphatic carbocycles. The minimum Gasteiger partial charge on any atom is -0.479 e. The summed E-state index contributed by atoms with van der Waals surface area (Å²) in [5.41, 5.74) is 1.23. The fourth-order valence-electron chi connectivity index (χ4n) is 1.23. The number of benzene rings is 1. The van der Waals surface area contributed by atoms with Gasteiger partial charge in [-0.1, -0.05) is 19.1 Å². The number of rotatable bonds is 6. The van der Waals surface area contributed by atoms with Gasteiger partial charge in [0.15, 0.2) is 6.61 Å². The Labute approximate surface area is 90.7 Å². The zero-order chi connectivity index (χ0) is 10.9. The molecule has 0 radical (unpaired) electrons. The minimum absolute atomic E-state index is 0.105. The summed E-state index contributed by atoms with van der Waals surface area (Å²) in [5.74, 6) is 0.746. The maximum Gasteiger partial charge on any atom is 0.174 e. The van der Waals surface area contributed by atoms with Crippen LogP contribution >= 0.6 is 0 Å². The van der Waals surface area contributed by atoms with Gasteiger partial charge in [-0.3, -0.25) is 0 Å². The summed E-state index contributed by atoms with van der Waals surface area (Å²) < 4.78 is 5.15. The van der Waals surface area contributed by atoms with E-state index in [4.69, 9.17) is 10.00 Å². The summed E-state index contributed by atoms with van der Waals surface area (Å²) in [6.45, 7) is 4.16. The molecule has 0 atom stereocenters. The van der Waals surface area contributed by atoms with Crippen LogP contribution in [0.25, 0.3) is 0 Å². The number of nitrogens with one attached hydrogen (secondary N) is 1. The van der Waals surface area contributed by atoms with Gasteiger partial charge in [0.2, 0.25) is 0 Å². The fourth-order valence-corrected chi connectivity index (χ4v) is 1.23. The van der Waals surface area contributed by atoms with Gasteiger partial charge in [-0.2, -0.15) is 5.26 Å². The highest BCUT2D eigenvalue weighted by Crippen LogP contribution is 2.11. The van der Waals surface area contributed by atoms with Crippen molar-refractivity contribution in [3.8, 4) is 11.8 Å². The van der Waals surface area contributed by atoms with E-state index in [1.54, 1.807) is 0 Å². The molecule has 3 heteroatoms. The quantitative estimate of drug-likeness (QED) is 0.722. The second-order valence-electron chi connectivity index (χ2n) is 3.27. The average molecular weight is 204 g/mol. The number of ether oxygens (including phenoxy) is 1. The van der Waals surface area contributed by atoms with E-state index < -0.39 is 0 Å². The van der Waals surface area contributed by atoms with Crippen LogP contribution in [0, 0.1) is 11.3 Å². The molecule has 0 fully saturated rings. The predicted molar refractivity (Wildman–Crippen MR) is 59.5 cm³/mol. The van der Waals surface area contributed by atoms with E-state index >= 15 is 0 Å². The van der Waals surface area contributed by atoms with Gasteiger partial charge >= 0.3 is 0 Å². The molecule has 0 amide bonds. The van der Waals surface area contributed by atoms with Gasteiger partial charge in [0, 0.05) is 6.54 Å². The second-order valence-corrected chi connectivity index (χ2v) is 3.27. The van der Waals surface area contributed by atoms with Crippen LogP contribution < -0.4 is 10.1 Å². The topological polar surface area (TPSA) is 45.0 Å². The summed E-state index contributed by atoms with van der Waals surface area (Å²) in [7, 11) is 0. The van der Waals surface area contributed by atoms with Crippen LogP contribution in [0.1, 0.15) is 18.9 Å². The molecule has 80 valence electrons. The Balaban J connectivity index is 2.39. The molecule has 0 saturated heterocycles. The number of hydrogen-bond donors (Lipinski definition) is 1. The zero-order valence-electron chi connectivity index (χ0n) is 8.99. The Morgan fingerprint density at radius 2 is 2.07 bits per heavy atom. The smallest absolute Gasteiger partial charge is 0.174 e. The highest BCUT2D eigenvalue weighted by atomic mass is 16.5. The maximum atomic E-state index is 8.34. The molecule has 1 aromatic carbocycles. The van der Waals surface area contributed by atoms with Crippen LogP contribution in [0.3, 0.4) is 0 Å². The van der Waals surface area contributed by atoms with Crippen molar-refractivity contribution in [3.05, 3.63) is 29.8 Å². The van der Waals surface area contributed by atoms with Crippen molar-refractivity contribution in [1.29, 1.82) is 5.26 Å². The van der Waals surface area contributed by atoms with Crippen LogP contribution in [0.2, 0.25) is 0 Å². The second kappa shape index (κ2) is 6.86. The van der Waals surface area contributed by atoms with E-state index in [1.807, 2.05) is 30.3 Å². The first-order valence-electron chi connectivity index (χ1n) is 5.16. The molecule has 3 nitrogen and oxygen atoms in total. The summed E-state index contributed by atoms with van der Waals surface area (Å²) in [4.78, 5) is 0. The van der Waals surface area contributed by atoms with Crippen molar-refractivity contribution in [2.24, 2.45) is 0 Å². The van der Waals surface area contributed by atoms with Crippen molar-refractivity contribution < 1.29 is 4.74 Å². The highest BCUT2D eigenvalue weighted by Gasteiger charge is 1.94. The van der Waals surface area contributed by atoms with E-state index in [9.17, 15) is 0 Å². The molecule has 15 heavy (non-hydrogen) atoms. The summed E-state index contributed by atoms with van der Waals surface area (Å²) >= 11 is 0. The van der Waals surface area contributed by atoms with Crippen LogP contribution in [-0.4, -0.2) is 13.2 Å². The van der Waals surface area contributed by atoms with Crippen molar-refractivity contribution in [2.45, 2.75) is 19.9 Å². The van der Waals surface area contributed by atoms with Gasteiger partial charge in [-0.25, -0.2) is 0 Å². The lowest BCUT2D eigenvalue weighted by Gasteiger charge is -2.05. The Kier molecular flexibility index (Phi) is 5.28.